The van der Waals surface area contributed by atoms with Gasteiger partial charge in [0.05, 0.1) is 5.71 Å². The van der Waals surface area contributed by atoms with E-state index in [0.29, 0.717) is 11.6 Å². The second kappa shape index (κ2) is 5.48. The first-order valence-electron chi connectivity index (χ1n) is 6.00. The predicted octanol–water partition coefficient (Wildman–Crippen LogP) is 2.22. The van der Waals surface area contributed by atoms with E-state index in [-0.39, 0.29) is 5.56 Å². The van der Waals surface area contributed by atoms with Gasteiger partial charge in [0, 0.05) is 11.8 Å². The number of hydrazone groups is 1. The molecule has 0 unspecified atom stereocenters. The van der Waals surface area contributed by atoms with Crippen LogP contribution in [0.5, 0.6) is 0 Å². The molecule has 0 aliphatic heterocycles. The van der Waals surface area contributed by atoms with E-state index in [2.05, 4.69) is 20.5 Å². The molecule has 5 heteroatoms. The van der Waals surface area contributed by atoms with Crippen LogP contribution in [0.25, 0.3) is 0 Å². The van der Waals surface area contributed by atoms with Crippen molar-refractivity contribution in [1.82, 2.24) is 9.97 Å². The number of nitrogens with zero attached hydrogens (tertiary/aromatic N) is 2. The van der Waals surface area contributed by atoms with Crippen molar-refractivity contribution in [2.24, 2.45) is 5.10 Å². The first-order chi connectivity index (χ1) is 9.04. The third kappa shape index (κ3) is 3.51. The van der Waals surface area contributed by atoms with Crippen molar-refractivity contribution in [2.75, 3.05) is 5.43 Å². The van der Waals surface area contributed by atoms with Gasteiger partial charge in [0.15, 0.2) is 0 Å². The summed E-state index contributed by atoms with van der Waals surface area (Å²) in [6.07, 6.45) is 0. The highest BCUT2D eigenvalue weighted by atomic mass is 16.1. The van der Waals surface area contributed by atoms with Gasteiger partial charge >= 0.3 is 0 Å². The van der Waals surface area contributed by atoms with Gasteiger partial charge in [0.25, 0.3) is 5.56 Å². The number of nitrogens with one attached hydrogen (secondary N) is 2. The molecule has 98 valence electrons. The summed E-state index contributed by atoms with van der Waals surface area (Å²) in [7, 11) is 0. The molecule has 0 bridgehead atoms. The molecule has 0 radical (unpaired) electrons. The minimum Gasteiger partial charge on any atom is -0.291 e. The van der Waals surface area contributed by atoms with E-state index >= 15 is 0 Å². The number of benzene rings is 1. The number of hydrogen-bond donors (Lipinski definition) is 2. The van der Waals surface area contributed by atoms with E-state index < -0.39 is 0 Å². The fraction of sp³-hybridized carbons (Fsp3) is 0.214. The lowest BCUT2D eigenvalue weighted by Gasteiger charge is -2.03. The van der Waals surface area contributed by atoms with Crippen molar-refractivity contribution in [3.8, 4) is 0 Å². The molecule has 0 fully saturated rings. The van der Waals surface area contributed by atoms with E-state index in [1.54, 1.807) is 6.92 Å². The van der Waals surface area contributed by atoms with Gasteiger partial charge in [0.1, 0.15) is 0 Å². The fourth-order valence-electron chi connectivity index (χ4n) is 1.63. The second-order valence-corrected chi connectivity index (χ2v) is 4.41. The summed E-state index contributed by atoms with van der Waals surface area (Å²) in [5.74, 6) is 0.344. The van der Waals surface area contributed by atoms with Gasteiger partial charge in [-0.1, -0.05) is 29.8 Å². The zero-order valence-corrected chi connectivity index (χ0v) is 11.2. The van der Waals surface area contributed by atoms with Crippen LogP contribution >= 0.6 is 0 Å². The van der Waals surface area contributed by atoms with Gasteiger partial charge in [-0.2, -0.15) is 5.10 Å². The highest BCUT2D eigenvalue weighted by Gasteiger charge is 1.99. The number of anilines is 1. The van der Waals surface area contributed by atoms with Gasteiger partial charge < -0.3 is 0 Å². The molecule has 2 aromatic rings. The van der Waals surface area contributed by atoms with Crippen molar-refractivity contribution in [1.29, 1.82) is 0 Å². The van der Waals surface area contributed by atoms with Crippen LogP contribution in [-0.4, -0.2) is 15.7 Å². The molecule has 5 nitrogen and oxygen atoms in total. The van der Waals surface area contributed by atoms with E-state index in [0.717, 1.165) is 11.3 Å². The molecular weight excluding hydrogens is 240 g/mol. The Bertz CT molecular complexity index is 656. The van der Waals surface area contributed by atoms with Gasteiger partial charge in [-0.3, -0.25) is 9.78 Å². The Morgan fingerprint density at radius 2 is 1.95 bits per heavy atom. The summed E-state index contributed by atoms with van der Waals surface area (Å²) in [5.41, 5.74) is 6.26. The zero-order valence-electron chi connectivity index (χ0n) is 11.2. The van der Waals surface area contributed by atoms with Gasteiger partial charge in [-0.05, 0) is 26.3 Å². The lowest BCUT2D eigenvalue weighted by molar-refractivity contribution is 1.04. The minimum atomic E-state index is -0.196. The molecule has 0 saturated carbocycles. The summed E-state index contributed by atoms with van der Waals surface area (Å²) in [6, 6.07) is 9.49. The van der Waals surface area contributed by atoms with Crippen LogP contribution in [0.2, 0.25) is 0 Å². The molecular formula is C14H16N4O. The summed E-state index contributed by atoms with van der Waals surface area (Å²) in [6.45, 7) is 5.69. The first kappa shape index (κ1) is 13.0. The van der Waals surface area contributed by atoms with Gasteiger partial charge in [-0.25, -0.2) is 10.4 Å². The smallest absolute Gasteiger partial charge is 0.252 e. The van der Waals surface area contributed by atoms with Crippen LogP contribution in [0.4, 0.5) is 5.95 Å². The van der Waals surface area contributed by atoms with E-state index in [9.17, 15) is 4.79 Å². The Labute approximate surface area is 111 Å². The lowest BCUT2D eigenvalue weighted by Crippen LogP contribution is -2.11. The normalized spacial score (nSPS) is 11.4. The SMILES string of the molecule is CC(=NNc1nc(C)cc(=O)[nH]1)c1ccc(C)cc1. The Balaban J connectivity index is 2.17. The molecule has 2 N–H and O–H groups in total. The fourth-order valence-corrected chi connectivity index (χ4v) is 1.63. The quantitative estimate of drug-likeness (QED) is 0.653. The van der Waals surface area contributed by atoms with Gasteiger partial charge in [-0.15, -0.1) is 0 Å². The van der Waals surface area contributed by atoms with Crippen molar-refractivity contribution >= 4 is 11.7 Å². The summed E-state index contributed by atoms with van der Waals surface area (Å²) in [4.78, 5) is 18.0. The number of aromatic amines is 1. The molecule has 0 atom stereocenters. The van der Waals surface area contributed by atoms with Crippen molar-refractivity contribution in [3.05, 3.63) is 57.5 Å². The van der Waals surface area contributed by atoms with Crippen LogP contribution < -0.4 is 11.0 Å². The number of rotatable bonds is 3. The number of aryl methyl sites for hydroxylation is 2. The van der Waals surface area contributed by atoms with E-state index in [1.807, 2.05) is 38.1 Å². The summed E-state index contributed by atoms with van der Waals surface area (Å²) in [5, 5.41) is 4.21. The van der Waals surface area contributed by atoms with Crippen LogP contribution in [0.3, 0.4) is 0 Å². The van der Waals surface area contributed by atoms with Gasteiger partial charge in [0.2, 0.25) is 5.95 Å². The van der Waals surface area contributed by atoms with Crippen LogP contribution in [-0.2, 0) is 0 Å². The Hall–Kier alpha value is -2.43. The molecule has 1 aromatic heterocycles. The zero-order chi connectivity index (χ0) is 13.8. The molecule has 1 heterocycles. The average molecular weight is 256 g/mol. The van der Waals surface area contributed by atoms with Crippen LogP contribution in [0.15, 0.2) is 40.2 Å². The molecule has 19 heavy (non-hydrogen) atoms. The third-order valence-electron chi connectivity index (χ3n) is 2.67. The van der Waals surface area contributed by atoms with E-state index in [1.165, 1.54) is 11.6 Å². The standard InChI is InChI=1S/C14H16N4O/c1-9-4-6-12(7-5-9)11(3)17-18-14-15-10(2)8-13(19)16-14/h4-8H,1-3H3,(H2,15,16,18,19). The summed E-state index contributed by atoms with van der Waals surface area (Å²) >= 11 is 0. The maximum atomic E-state index is 11.3. The first-order valence-corrected chi connectivity index (χ1v) is 6.00. The summed E-state index contributed by atoms with van der Waals surface area (Å²) < 4.78 is 0. The number of H-pyrrole nitrogens is 1. The Kier molecular flexibility index (Phi) is 3.75. The Morgan fingerprint density at radius 1 is 1.26 bits per heavy atom. The third-order valence-corrected chi connectivity index (χ3v) is 2.67. The minimum absolute atomic E-state index is 0.196. The highest BCUT2D eigenvalue weighted by Crippen LogP contribution is 2.05. The molecule has 0 aliphatic rings. The maximum absolute atomic E-state index is 11.3. The van der Waals surface area contributed by atoms with E-state index in [4.69, 9.17) is 0 Å². The molecule has 0 saturated heterocycles. The predicted molar refractivity (Wildman–Crippen MR) is 76.6 cm³/mol. The lowest BCUT2D eigenvalue weighted by atomic mass is 10.1. The molecule has 2 rings (SSSR count). The number of hydrogen-bond acceptors (Lipinski definition) is 4. The van der Waals surface area contributed by atoms with Crippen molar-refractivity contribution < 1.29 is 0 Å². The Morgan fingerprint density at radius 3 is 2.58 bits per heavy atom. The largest absolute Gasteiger partial charge is 0.291 e. The second-order valence-electron chi connectivity index (χ2n) is 4.41. The van der Waals surface area contributed by atoms with Crippen molar-refractivity contribution in [3.63, 3.8) is 0 Å². The highest BCUT2D eigenvalue weighted by molar-refractivity contribution is 5.99. The molecule has 0 spiro atoms. The average Bonchev–Trinajstić information content (AvgIpc) is 2.36. The van der Waals surface area contributed by atoms with Crippen LogP contribution in [0.1, 0.15) is 23.7 Å². The molecule has 0 amide bonds. The van der Waals surface area contributed by atoms with Crippen LogP contribution in [0, 0.1) is 13.8 Å². The van der Waals surface area contributed by atoms with Crippen molar-refractivity contribution in [2.45, 2.75) is 20.8 Å². The topological polar surface area (TPSA) is 70.1 Å². The number of aromatic nitrogens is 2. The monoisotopic (exact) mass is 256 g/mol. The molecule has 0 aliphatic carbocycles. The maximum Gasteiger partial charge on any atom is 0.252 e. The molecule has 1 aromatic carbocycles.